The first-order valence-corrected chi connectivity index (χ1v) is 6.62. The largest absolute Gasteiger partial charge is 0.463 e. The lowest BCUT2D eigenvalue weighted by Gasteiger charge is -2.27. The van der Waals surface area contributed by atoms with Gasteiger partial charge >= 0.3 is 0 Å². The molecular weight excluding hydrogens is 224 g/mol. The number of benzene rings is 1. The van der Waals surface area contributed by atoms with Crippen molar-refractivity contribution in [1.82, 2.24) is 0 Å². The molecule has 0 fully saturated rings. The molecule has 1 atom stereocenters. The lowest BCUT2D eigenvalue weighted by atomic mass is 9.87. The van der Waals surface area contributed by atoms with E-state index in [0.29, 0.717) is 12.3 Å². The molecule has 0 heterocycles. The van der Waals surface area contributed by atoms with Crippen molar-refractivity contribution in [3.05, 3.63) is 29.8 Å². The van der Waals surface area contributed by atoms with Crippen molar-refractivity contribution in [1.29, 1.82) is 0 Å². The molecule has 1 rings (SSSR count). The Kier molecular flexibility index (Phi) is 4.44. The maximum absolute atomic E-state index is 10.2. The van der Waals surface area contributed by atoms with Gasteiger partial charge in [0.1, 0.15) is 5.75 Å². The van der Waals surface area contributed by atoms with E-state index in [4.69, 9.17) is 4.74 Å². The minimum absolute atomic E-state index is 0.0866. The predicted octanol–water partition coefficient (Wildman–Crippen LogP) is 4.12. The third-order valence-corrected chi connectivity index (χ3v) is 2.82. The normalized spacial score (nSPS) is 15.6. The second-order valence-electron chi connectivity index (χ2n) is 6.65. The van der Waals surface area contributed by atoms with Gasteiger partial charge in [-0.25, -0.2) is 0 Å². The predicted molar refractivity (Wildman–Crippen MR) is 75.8 cm³/mol. The molecule has 0 spiro atoms. The Morgan fingerprint density at radius 1 is 1.17 bits per heavy atom. The molecule has 0 aliphatic heterocycles. The summed E-state index contributed by atoms with van der Waals surface area (Å²) in [5, 5.41) is 10.2. The van der Waals surface area contributed by atoms with Gasteiger partial charge in [0.2, 0.25) is 5.79 Å². The van der Waals surface area contributed by atoms with E-state index in [-0.39, 0.29) is 5.41 Å². The van der Waals surface area contributed by atoms with Gasteiger partial charge in [0.05, 0.1) is 0 Å². The summed E-state index contributed by atoms with van der Waals surface area (Å²) >= 11 is 0. The van der Waals surface area contributed by atoms with E-state index in [1.165, 1.54) is 5.56 Å². The zero-order valence-corrected chi connectivity index (χ0v) is 12.4. The van der Waals surface area contributed by atoms with Crippen LogP contribution < -0.4 is 4.74 Å². The Morgan fingerprint density at radius 2 is 1.78 bits per heavy atom. The van der Waals surface area contributed by atoms with Gasteiger partial charge in [-0.2, -0.15) is 0 Å². The summed E-state index contributed by atoms with van der Waals surface area (Å²) in [5.41, 5.74) is 1.30. The first-order valence-electron chi connectivity index (χ1n) is 6.62. The number of aliphatic hydroxyl groups is 1. The Hall–Kier alpha value is -1.02. The molecule has 102 valence electrons. The first kappa shape index (κ1) is 15.0. The van der Waals surface area contributed by atoms with Crippen LogP contribution >= 0.6 is 0 Å². The van der Waals surface area contributed by atoms with Gasteiger partial charge < -0.3 is 9.84 Å². The highest BCUT2D eigenvalue weighted by atomic mass is 16.6. The summed E-state index contributed by atoms with van der Waals surface area (Å²) in [6, 6.07) is 7.96. The van der Waals surface area contributed by atoms with Crippen LogP contribution in [0.25, 0.3) is 0 Å². The minimum Gasteiger partial charge on any atom is -0.463 e. The summed E-state index contributed by atoms with van der Waals surface area (Å²) in [4.78, 5) is 0. The van der Waals surface area contributed by atoms with Gasteiger partial charge in [-0.05, 0) is 29.0 Å². The van der Waals surface area contributed by atoms with Gasteiger partial charge in [0, 0.05) is 13.3 Å². The third-order valence-electron chi connectivity index (χ3n) is 2.82. The Bertz CT molecular complexity index is 386. The molecule has 1 aromatic carbocycles. The van der Waals surface area contributed by atoms with Gasteiger partial charge in [-0.15, -0.1) is 0 Å². The fourth-order valence-electron chi connectivity index (χ4n) is 2.08. The van der Waals surface area contributed by atoms with Crippen LogP contribution in [0.2, 0.25) is 0 Å². The van der Waals surface area contributed by atoms with E-state index in [1.54, 1.807) is 6.92 Å². The van der Waals surface area contributed by atoms with Crippen LogP contribution in [0.1, 0.15) is 53.5 Å². The molecule has 1 unspecified atom stereocenters. The van der Waals surface area contributed by atoms with Gasteiger partial charge in [-0.3, -0.25) is 0 Å². The standard InChI is InChI=1S/C16H26O2/c1-12(2)11-16(6,17)18-14-9-7-8-13(10-14)15(3,4)5/h7-10,12,17H,11H2,1-6H3. The Labute approximate surface area is 111 Å². The molecule has 0 aliphatic carbocycles. The zero-order chi connectivity index (χ0) is 14.0. The number of rotatable bonds is 4. The van der Waals surface area contributed by atoms with Gasteiger partial charge in [-0.1, -0.05) is 46.8 Å². The summed E-state index contributed by atoms with van der Waals surface area (Å²) in [7, 11) is 0. The lowest BCUT2D eigenvalue weighted by Crippen LogP contribution is -2.33. The summed E-state index contributed by atoms with van der Waals surface area (Å²) in [5.74, 6) is 0.0175. The summed E-state index contributed by atoms with van der Waals surface area (Å²) in [6.07, 6.45) is 0.618. The van der Waals surface area contributed by atoms with Crippen molar-refractivity contribution in [2.45, 2.75) is 59.2 Å². The molecule has 0 radical (unpaired) electrons. The number of hydrogen-bond donors (Lipinski definition) is 1. The van der Waals surface area contributed by atoms with Gasteiger partial charge in [0.15, 0.2) is 0 Å². The van der Waals surface area contributed by atoms with Crippen LogP contribution in [-0.4, -0.2) is 10.9 Å². The fourth-order valence-corrected chi connectivity index (χ4v) is 2.08. The average molecular weight is 250 g/mol. The van der Waals surface area contributed by atoms with E-state index in [0.717, 1.165) is 5.75 Å². The Balaban J connectivity index is 2.85. The fraction of sp³-hybridized carbons (Fsp3) is 0.625. The zero-order valence-electron chi connectivity index (χ0n) is 12.4. The molecule has 0 amide bonds. The van der Waals surface area contributed by atoms with Gasteiger partial charge in [0.25, 0.3) is 0 Å². The van der Waals surface area contributed by atoms with E-state index in [1.807, 2.05) is 18.2 Å². The van der Waals surface area contributed by atoms with Crippen LogP contribution in [0.15, 0.2) is 24.3 Å². The molecule has 0 saturated carbocycles. The molecule has 0 aromatic heterocycles. The average Bonchev–Trinajstić information content (AvgIpc) is 2.13. The topological polar surface area (TPSA) is 29.5 Å². The molecule has 0 aliphatic rings. The quantitative estimate of drug-likeness (QED) is 0.815. The van der Waals surface area contributed by atoms with Crippen LogP contribution in [-0.2, 0) is 5.41 Å². The first-order chi connectivity index (χ1) is 8.10. The Morgan fingerprint density at radius 3 is 2.28 bits per heavy atom. The van der Waals surface area contributed by atoms with Crippen LogP contribution in [0.4, 0.5) is 0 Å². The SMILES string of the molecule is CC(C)CC(C)(O)Oc1cccc(C(C)(C)C)c1. The van der Waals surface area contributed by atoms with E-state index >= 15 is 0 Å². The molecule has 2 nitrogen and oxygen atoms in total. The van der Waals surface area contributed by atoms with Crippen molar-refractivity contribution in [2.75, 3.05) is 0 Å². The lowest BCUT2D eigenvalue weighted by molar-refractivity contribution is -0.133. The molecule has 1 N–H and O–H groups in total. The highest BCUT2D eigenvalue weighted by molar-refractivity contribution is 5.32. The summed E-state index contributed by atoms with van der Waals surface area (Å²) in [6.45, 7) is 12.4. The highest BCUT2D eigenvalue weighted by Crippen LogP contribution is 2.28. The van der Waals surface area contributed by atoms with Crippen molar-refractivity contribution in [2.24, 2.45) is 5.92 Å². The maximum Gasteiger partial charge on any atom is 0.205 e. The van der Waals surface area contributed by atoms with Crippen molar-refractivity contribution >= 4 is 0 Å². The minimum atomic E-state index is -1.11. The maximum atomic E-state index is 10.2. The number of ether oxygens (including phenoxy) is 1. The van der Waals surface area contributed by atoms with E-state index in [9.17, 15) is 5.11 Å². The molecular formula is C16H26O2. The highest BCUT2D eigenvalue weighted by Gasteiger charge is 2.24. The number of hydrogen-bond acceptors (Lipinski definition) is 2. The molecule has 0 saturated heterocycles. The molecule has 0 bridgehead atoms. The second kappa shape index (κ2) is 5.31. The van der Waals surface area contributed by atoms with Crippen LogP contribution in [0.3, 0.4) is 0 Å². The second-order valence-corrected chi connectivity index (χ2v) is 6.65. The molecule has 2 heteroatoms. The summed E-state index contributed by atoms with van der Waals surface area (Å²) < 4.78 is 5.70. The van der Waals surface area contributed by atoms with Crippen molar-refractivity contribution in [3.8, 4) is 5.75 Å². The van der Waals surface area contributed by atoms with Crippen molar-refractivity contribution < 1.29 is 9.84 Å². The van der Waals surface area contributed by atoms with Crippen molar-refractivity contribution in [3.63, 3.8) is 0 Å². The monoisotopic (exact) mass is 250 g/mol. The van der Waals surface area contributed by atoms with Crippen LogP contribution in [0, 0.1) is 5.92 Å². The van der Waals surface area contributed by atoms with E-state index in [2.05, 4.69) is 40.7 Å². The molecule has 1 aromatic rings. The van der Waals surface area contributed by atoms with E-state index < -0.39 is 5.79 Å². The van der Waals surface area contributed by atoms with Crippen LogP contribution in [0.5, 0.6) is 5.75 Å². The smallest absolute Gasteiger partial charge is 0.205 e. The molecule has 18 heavy (non-hydrogen) atoms. The third kappa shape index (κ3) is 4.69.